The van der Waals surface area contributed by atoms with Gasteiger partial charge in [0.15, 0.2) is 9.84 Å². The number of aliphatic hydroxyl groups is 1. The van der Waals surface area contributed by atoms with Crippen LogP contribution < -0.4 is 5.32 Å². The molecule has 0 bridgehead atoms. The van der Waals surface area contributed by atoms with E-state index in [1.165, 1.54) is 12.1 Å². The van der Waals surface area contributed by atoms with Crippen molar-refractivity contribution < 1.29 is 18.3 Å². The van der Waals surface area contributed by atoms with Crippen molar-refractivity contribution in [2.75, 3.05) is 24.7 Å². The minimum Gasteiger partial charge on any atom is -0.396 e. The minimum absolute atomic E-state index is 0.161. The third kappa shape index (κ3) is 7.31. The van der Waals surface area contributed by atoms with Gasteiger partial charge in [0.05, 0.1) is 4.90 Å². The number of carbonyl (C=O) groups is 1. The molecule has 7 heteroatoms. The smallest absolute Gasteiger partial charge is 0.244 e. The van der Waals surface area contributed by atoms with Crippen molar-refractivity contribution >= 4 is 27.5 Å². The molecule has 0 atom stereocenters. The summed E-state index contributed by atoms with van der Waals surface area (Å²) >= 11 is 1.62. The molecule has 0 aliphatic carbocycles. The Kier molecular flexibility index (Phi) is 8.11. The molecule has 0 fully saturated rings. The van der Waals surface area contributed by atoms with Crippen LogP contribution in [0.5, 0.6) is 0 Å². The van der Waals surface area contributed by atoms with Crippen molar-refractivity contribution in [1.82, 2.24) is 5.32 Å². The molecule has 0 aliphatic heterocycles. The minimum atomic E-state index is -3.57. The molecule has 21 heavy (non-hydrogen) atoms. The van der Waals surface area contributed by atoms with E-state index in [-0.39, 0.29) is 11.5 Å². The lowest BCUT2D eigenvalue weighted by Gasteiger charge is -2.02. The average molecular weight is 329 g/mol. The molecule has 0 saturated heterocycles. The first-order valence-corrected chi connectivity index (χ1v) is 9.21. The number of amides is 1. The Bertz CT molecular complexity index is 556. The highest BCUT2D eigenvalue weighted by Crippen LogP contribution is 2.10. The second-order valence-electron chi connectivity index (χ2n) is 4.14. The van der Waals surface area contributed by atoms with Gasteiger partial charge in [-0.2, -0.15) is 11.8 Å². The molecule has 1 rings (SSSR count). The zero-order valence-electron chi connectivity index (χ0n) is 11.6. The number of sulfone groups is 1. The van der Waals surface area contributed by atoms with Gasteiger partial charge in [0.2, 0.25) is 5.91 Å². The van der Waals surface area contributed by atoms with E-state index in [2.05, 4.69) is 5.32 Å². The zero-order chi connectivity index (χ0) is 15.6. The molecule has 1 amide bonds. The number of rotatable bonds is 9. The van der Waals surface area contributed by atoms with Gasteiger partial charge in [-0.15, -0.1) is 0 Å². The Morgan fingerprint density at radius 1 is 1.24 bits per heavy atom. The van der Waals surface area contributed by atoms with Crippen LogP contribution in [0.1, 0.15) is 6.42 Å². The van der Waals surface area contributed by atoms with E-state index < -0.39 is 15.7 Å². The van der Waals surface area contributed by atoms with E-state index in [4.69, 9.17) is 5.11 Å². The lowest BCUT2D eigenvalue weighted by Crippen LogP contribution is -2.24. The highest BCUT2D eigenvalue weighted by Gasteiger charge is 2.09. The van der Waals surface area contributed by atoms with Gasteiger partial charge in [0.1, 0.15) is 0 Å². The van der Waals surface area contributed by atoms with Crippen LogP contribution in [0.15, 0.2) is 46.7 Å². The first kappa shape index (κ1) is 17.7. The molecule has 0 saturated carbocycles. The molecule has 0 radical (unpaired) electrons. The molecular weight excluding hydrogens is 310 g/mol. The third-order valence-corrected chi connectivity index (χ3v) is 4.96. The SMILES string of the molecule is O=C(/C=C/S(=O)(=O)c1ccccc1)NCCSCCCO. The number of hydrogen-bond acceptors (Lipinski definition) is 5. The fourth-order valence-electron chi connectivity index (χ4n) is 1.41. The predicted octanol–water partition coefficient (Wildman–Crippen LogP) is 1.21. The van der Waals surface area contributed by atoms with Crippen molar-refractivity contribution in [2.45, 2.75) is 11.3 Å². The summed E-state index contributed by atoms with van der Waals surface area (Å²) < 4.78 is 23.8. The Hall–Kier alpha value is -1.31. The second kappa shape index (κ2) is 9.59. The summed E-state index contributed by atoms with van der Waals surface area (Å²) in [6, 6.07) is 7.95. The number of nitrogens with one attached hydrogen (secondary N) is 1. The van der Waals surface area contributed by atoms with Gasteiger partial charge in [-0.25, -0.2) is 8.42 Å². The maximum absolute atomic E-state index is 11.9. The predicted molar refractivity (Wildman–Crippen MR) is 84.8 cm³/mol. The quantitative estimate of drug-likeness (QED) is 0.525. The van der Waals surface area contributed by atoms with Gasteiger partial charge in [-0.3, -0.25) is 4.79 Å². The Labute approximate surface area is 129 Å². The number of aliphatic hydroxyl groups excluding tert-OH is 1. The van der Waals surface area contributed by atoms with Gasteiger partial charge in [0, 0.05) is 30.4 Å². The highest BCUT2D eigenvalue weighted by molar-refractivity contribution is 7.99. The van der Waals surface area contributed by atoms with Crippen molar-refractivity contribution in [2.24, 2.45) is 0 Å². The lowest BCUT2D eigenvalue weighted by molar-refractivity contribution is -0.116. The van der Waals surface area contributed by atoms with E-state index in [9.17, 15) is 13.2 Å². The Morgan fingerprint density at radius 3 is 2.62 bits per heavy atom. The number of hydrogen-bond donors (Lipinski definition) is 2. The second-order valence-corrected chi connectivity index (χ2v) is 7.20. The third-order valence-electron chi connectivity index (χ3n) is 2.46. The standard InChI is InChI=1S/C14H19NO4S2/c16-9-4-10-20-11-8-15-14(17)7-12-21(18,19)13-5-2-1-3-6-13/h1-3,5-7,12,16H,4,8-11H2,(H,15,17)/b12-7+. The summed E-state index contributed by atoms with van der Waals surface area (Å²) in [5.74, 6) is 1.13. The van der Waals surface area contributed by atoms with E-state index in [0.717, 1.165) is 29.4 Å². The normalized spacial score (nSPS) is 11.7. The summed E-state index contributed by atoms with van der Waals surface area (Å²) in [5.41, 5.74) is 0. The lowest BCUT2D eigenvalue weighted by atomic mass is 10.4. The fourth-order valence-corrected chi connectivity index (χ4v) is 3.19. The van der Waals surface area contributed by atoms with Crippen LogP contribution in [0, 0.1) is 0 Å². The van der Waals surface area contributed by atoms with Gasteiger partial charge < -0.3 is 10.4 Å². The van der Waals surface area contributed by atoms with Crippen molar-refractivity contribution in [3.05, 3.63) is 41.8 Å². The Balaban J connectivity index is 2.37. The van der Waals surface area contributed by atoms with Crippen molar-refractivity contribution in [1.29, 1.82) is 0 Å². The van der Waals surface area contributed by atoms with Crippen LogP contribution in [0.25, 0.3) is 0 Å². The molecule has 116 valence electrons. The van der Waals surface area contributed by atoms with E-state index in [1.54, 1.807) is 30.0 Å². The molecule has 0 aliphatic rings. The molecule has 5 nitrogen and oxygen atoms in total. The summed E-state index contributed by atoms with van der Waals surface area (Å²) in [5, 5.41) is 12.1. The van der Waals surface area contributed by atoms with Crippen LogP contribution >= 0.6 is 11.8 Å². The molecule has 1 aromatic carbocycles. The molecule has 0 aromatic heterocycles. The average Bonchev–Trinajstić information content (AvgIpc) is 2.50. The largest absolute Gasteiger partial charge is 0.396 e. The van der Waals surface area contributed by atoms with Gasteiger partial charge >= 0.3 is 0 Å². The maximum Gasteiger partial charge on any atom is 0.244 e. The summed E-state index contributed by atoms with van der Waals surface area (Å²) in [6.45, 7) is 0.629. The number of benzene rings is 1. The fraction of sp³-hybridized carbons (Fsp3) is 0.357. The van der Waals surface area contributed by atoms with Gasteiger partial charge in [-0.05, 0) is 24.3 Å². The highest BCUT2D eigenvalue weighted by atomic mass is 32.2. The van der Waals surface area contributed by atoms with Gasteiger partial charge in [0.25, 0.3) is 0 Å². The molecule has 2 N–H and O–H groups in total. The van der Waals surface area contributed by atoms with Crippen molar-refractivity contribution in [3.8, 4) is 0 Å². The Morgan fingerprint density at radius 2 is 1.95 bits per heavy atom. The van der Waals surface area contributed by atoms with Crippen LogP contribution in [-0.4, -0.2) is 44.1 Å². The number of carbonyl (C=O) groups excluding carboxylic acids is 1. The van der Waals surface area contributed by atoms with Gasteiger partial charge in [-0.1, -0.05) is 18.2 Å². The summed E-state index contributed by atoms with van der Waals surface area (Å²) in [4.78, 5) is 11.7. The molecule has 0 heterocycles. The first-order chi connectivity index (χ1) is 10.1. The van der Waals surface area contributed by atoms with Crippen molar-refractivity contribution in [3.63, 3.8) is 0 Å². The number of thioether (sulfide) groups is 1. The monoisotopic (exact) mass is 329 g/mol. The summed E-state index contributed by atoms with van der Waals surface area (Å²) in [7, 11) is -3.57. The molecule has 1 aromatic rings. The molecule has 0 spiro atoms. The molecule has 0 unspecified atom stereocenters. The van der Waals surface area contributed by atoms with E-state index in [0.29, 0.717) is 6.54 Å². The van der Waals surface area contributed by atoms with Crippen LogP contribution in [0.2, 0.25) is 0 Å². The first-order valence-electron chi connectivity index (χ1n) is 6.51. The zero-order valence-corrected chi connectivity index (χ0v) is 13.2. The van der Waals surface area contributed by atoms with E-state index >= 15 is 0 Å². The molecular formula is C14H19NO4S2. The summed E-state index contributed by atoms with van der Waals surface area (Å²) in [6.07, 6.45) is 1.76. The van der Waals surface area contributed by atoms with E-state index in [1.807, 2.05) is 0 Å². The van der Waals surface area contributed by atoms with Crippen LogP contribution in [0.4, 0.5) is 0 Å². The maximum atomic E-state index is 11.9. The van der Waals surface area contributed by atoms with Crippen LogP contribution in [0.3, 0.4) is 0 Å². The van der Waals surface area contributed by atoms with Crippen LogP contribution in [-0.2, 0) is 14.6 Å². The topological polar surface area (TPSA) is 83.5 Å².